The van der Waals surface area contributed by atoms with Gasteiger partial charge < -0.3 is 15.2 Å². The molecule has 36 heavy (non-hydrogen) atoms. The van der Waals surface area contributed by atoms with Crippen molar-refractivity contribution in [3.63, 3.8) is 0 Å². The summed E-state index contributed by atoms with van der Waals surface area (Å²) in [5.74, 6) is -0.563. The minimum absolute atomic E-state index is 0.0327. The molecule has 1 aliphatic heterocycles. The number of carbonyl (C=O) groups excluding carboxylic acids is 1. The monoisotopic (exact) mass is 500 g/mol. The summed E-state index contributed by atoms with van der Waals surface area (Å²) in [5.41, 5.74) is 8.57. The number of ether oxygens (including phenoxy) is 2. The minimum Gasteiger partial charge on any atom is -0.488 e. The molecule has 1 aliphatic carbocycles. The Morgan fingerprint density at radius 2 is 1.81 bits per heavy atom. The van der Waals surface area contributed by atoms with E-state index in [4.69, 9.17) is 26.8 Å². The molecular weight excluding hydrogens is 479 g/mol. The van der Waals surface area contributed by atoms with Crippen LogP contribution in [0.25, 0.3) is 0 Å². The Hall–Kier alpha value is -4.08. The maximum absolute atomic E-state index is 14.3. The summed E-state index contributed by atoms with van der Waals surface area (Å²) in [7, 11) is 0. The van der Waals surface area contributed by atoms with Crippen LogP contribution >= 0.6 is 11.6 Å². The Labute approximate surface area is 213 Å². The largest absolute Gasteiger partial charge is 0.488 e. The Bertz CT molecular complexity index is 1420. The highest BCUT2D eigenvalue weighted by Crippen LogP contribution is 2.48. The normalized spacial score (nSPS) is 19.4. The van der Waals surface area contributed by atoms with Crippen molar-refractivity contribution in [2.45, 2.75) is 31.3 Å². The molecule has 0 saturated carbocycles. The van der Waals surface area contributed by atoms with Gasteiger partial charge in [0.15, 0.2) is 5.78 Å². The number of nitrogens with zero attached hydrogens (tertiary/aromatic N) is 1. The topological polar surface area (TPSA) is 85.3 Å². The van der Waals surface area contributed by atoms with Crippen molar-refractivity contribution in [2.75, 3.05) is 0 Å². The molecule has 5 rings (SSSR count). The highest BCUT2D eigenvalue weighted by molar-refractivity contribution is 6.31. The van der Waals surface area contributed by atoms with E-state index < -0.39 is 11.7 Å². The van der Waals surface area contributed by atoms with E-state index in [2.05, 4.69) is 6.07 Å². The van der Waals surface area contributed by atoms with Gasteiger partial charge in [-0.05, 0) is 29.7 Å². The average molecular weight is 501 g/mol. The molecule has 2 aliphatic rings. The van der Waals surface area contributed by atoms with E-state index in [1.165, 1.54) is 12.1 Å². The second-order valence-electron chi connectivity index (χ2n) is 8.73. The fourth-order valence-electron chi connectivity index (χ4n) is 4.85. The van der Waals surface area contributed by atoms with E-state index in [9.17, 15) is 14.4 Å². The predicted octanol–water partition coefficient (Wildman–Crippen LogP) is 6.27. The number of hydrogen-bond acceptors (Lipinski definition) is 5. The molecule has 180 valence electrons. The molecule has 3 aromatic carbocycles. The molecule has 0 aromatic heterocycles. The van der Waals surface area contributed by atoms with Crippen molar-refractivity contribution in [1.82, 2.24) is 0 Å². The van der Waals surface area contributed by atoms with E-state index in [0.29, 0.717) is 29.1 Å². The van der Waals surface area contributed by atoms with Crippen LogP contribution in [-0.2, 0) is 16.1 Å². The summed E-state index contributed by atoms with van der Waals surface area (Å²) in [4.78, 5) is 13.5. The SMILES string of the molecule is N#CC1=C(N)OC2=C(C(=O)C[C@@H](c3ccccc3)C2)[C@@H]1c1ccccc1OCc1c(F)cccc1Cl. The molecule has 0 amide bonds. The highest BCUT2D eigenvalue weighted by atomic mass is 35.5. The predicted molar refractivity (Wildman–Crippen MR) is 133 cm³/mol. The zero-order valence-electron chi connectivity index (χ0n) is 19.2. The standard InChI is InChI=1S/C29H22ClFN2O3/c30-22-10-6-11-23(31)21(22)16-35-25-12-5-4-9-19(25)27-20(15-32)29(33)36-26-14-18(13-24(34)28(26)27)17-7-2-1-3-8-17/h1-12,18,27H,13-14,16,33H2/t18-,27-/m1/s1. The van der Waals surface area contributed by atoms with Crippen LogP contribution in [0.2, 0.25) is 5.02 Å². The van der Waals surface area contributed by atoms with E-state index in [1.807, 2.05) is 30.3 Å². The van der Waals surface area contributed by atoms with Gasteiger partial charge in [0.25, 0.3) is 0 Å². The van der Waals surface area contributed by atoms with Gasteiger partial charge in [-0.3, -0.25) is 4.79 Å². The van der Waals surface area contributed by atoms with Gasteiger partial charge in [-0.15, -0.1) is 0 Å². The average Bonchev–Trinajstić information content (AvgIpc) is 2.88. The molecule has 0 saturated heterocycles. The smallest absolute Gasteiger partial charge is 0.205 e. The van der Waals surface area contributed by atoms with Crippen molar-refractivity contribution in [3.8, 4) is 11.8 Å². The molecule has 0 radical (unpaired) electrons. The van der Waals surface area contributed by atoms with Crippen LogP contribution in [-0.4, -0.2) is 5.78 Å². The van der Waals surface area contributed by atoms with Crippen molar-refractivity contribution in [2.24, 2.45) is 5.73 Å². The quantitative estimate of drug-likeness (QED) is 0.446. The number of nitrogens with two attached hydrogens (primary N) is 1. The van der Waals surface area contributed by atoms with Gasteiger partial charge in [-0.1, -0.05) is 66.2 Å². The highest BCUT2D eigenvalue weighted by Gasteiger charge is 2.41. The van der Waals surface area contributed by atoms with Crippen LogP contribution in [0.4, 0.5) is 4.39 Å². The maximum atomic E-state index is 14.3. The number of para-hydroxylation sites is 1. The number of carbonyl (C=O) groups is 1. The Morgan fingerprint density at radius 3 is 2.56 bits per heavy atom. The summed E-state index contributed by atoms with van der Waals surface area (Å²) >= 11 is 6.17. The molecular formula is C29H22ClFN2O3. The van der Waals surface area contributed by atoms with Gasteiger partial charge in [-0.25, -0.2) is 4.39 Å². The van der Waals surface area contributed by atoms with Crippen molar-refractivity contribution >= 4 is 17.4 Å². The third-order valence-corrected chi connectivity index (χ3v) is 6.95. The van der Waals surface area contributed by atoms with E-state index >= 15 is 0 Å². The fourth-order valence-corrected chi connectivity index (χ4v) is 5.07. The number of benzene rings is 3. The molecule has 2 atom stereocenters. The first-order valence-electron chi connectivity index (χ1n) is 11.5. The van der Waals surface area contributed by atoms with Crippen molar-refractivity contribution < 1.29 is 18.7 Å². The summed E-state index contributed by atoms with van der Waals surface area (Å²) in [6, 6.07) is 23.4. The second kappa shape index (κ2) is 9.88. The molecule has 7 heteroatoms. The number of rotatable bonds is 5. The van der Waals surface area contributed by atoms with Crippen LogP contribution in [0.5, 0.6) is 5.75 Å². The van der Waals surface area contributed by atoms with Crippen LogP contribution < -0.4 is 10.5 Å². The molecule has 0 bridgehead atoms. The number of ketones is 1. The first kappa shape index (κ1) is 23.7. The van der Waals surface area contributed by atoms with Crippen LogP contribution in [0.3, 0.4) is 0 Å². The van der Waals surface area contributed by atoms with Gasteiger partial charge in [-0.2, -0.15) is 5.26 Å². The van der Waals surface area contributed by atoms with E-state index in [0.717, 1.165) is 5.56 Å². The maximum Gasteiger partial charge on any atom is 0.205 e. The molecule has 2 N–H and O–H groups in total. The minimum atomic E-state index is -0.754. The molecule has 0 unspecified atom stereocenters. The molecule has 0 spiro atoms. The number of halogens is 2. The Kier molecular flexibility index (Phi) is 6.49. The van der Waals surface area contributed by atoms with Crippen LogP contribution in [0.1, 0.15) is 41.4 Å². The lowest BCUT2D eigenvalue weighted by Crippen LogP contribution is -2.30. The first-order valence-corrected chi connectivity index (χ1v) is 11.9. The Balaban J connectivity index is 1.54. The summed E-state index contributed by atoms with van der Waals surface area (Å²) < 4.78 is 26.2. The second-order valence-corrected chi connectivity index (χ2v) is 9.13. The molecule has 1 heterocycles. The van der Waals surface area contributed by atoms with Gasteiger partial charge in [0.05, 0.1) is 10.9 Å². The van der Waals surface area contributed by atoms with Gasteiger partial charge in [0.1, 0.15) is 35.6 Å². The Morgan fingerprint density at radius 1 is 1.06 bits per heavy atom. The number of allylic oxidation sites excluding steroid dienone is 3. The lowest BCUT2D eigenvalue weighted by atomic mass is 9.73. The number of Topliss-reactive ketones (excluding diaryl/α,β-unsaturated/α-hetero) is 1. The number of nitriles is 1. The van der Waals surface area contributed by atoms with Crippen molar-refractivity contribution in [3.05, 3.63) is 123 Å². The summed E-state index contributed by atoms with van der Waals surface area (Å²) in [6.07, 6.45) is 0.768. The lowest BCUT2D eigenvalue weighted by molar-refractivity contribution is -0.117. The zero-order chi connectivity index (χ0) is 25.2. The van der Waals surface area contributed by atoms with Crippen LogP contribution in [0.15, 0.2) is 95.6 Å². The zero-order valence-corrected chi connectivity index (χ0v) is 20.0. The number of hydrogen-bond donors (Lipinski definition) is 1. The van der Waals surface area contributed by atoms with Gasteiger partial charge in [0.2, 0.25) is 5.88 Å². The third-order valence-electron chi connectivity index (χ3n) is 6.60. The fraction of sp³-hybridized carbons (Fsp3) is 0.172. The van der Waals surface area contributed by atoms with Crippen molar-refractivity contribution in [1.29, 1.82) is 5.26 Å². The summed E-state index contributed by atoms with van der Waals surface area (Å²) in [5, 5.41) is 10.2. The van der Waals surface area contributed by atoms with E-state index in [-0.39, 0.29) is 46.8 Å². The molecule has 3 aromatic rings. The first-order chi connectivity index (χ1) is 17.5. The summed E-state index contributed by atoms with van der Waals surface area (Å²) in [6.45, 7) is -0.122. The van der Waals surface area contributed by atoms with E-state index in [1.54, 1.807) is 30.3 Å². The lowest BCUT2D eigenvalue weighted by Gasteiger charge is -2.34. The third kappa shape index (κ3) is 4.34. The molecule has 5 nitrogen and oxygen atoms in total. The van der Waals surface area contributed by atoms with Gasteiger partial charge in [0, 0.05) is 29.5 Å². The molecule has 0 fully saturated rings. The van der Waals surface area contributed by atoms with Crippen LogP contribution in [0, 0.1) is 17.1 Å². The van der Waals surface area contributed by atoms with Gasteiger partial charge >= 0.3 is 0 Å².